The van der Waals surface area contributed by atoms with Gasteiger partial charge in [-0.1, -0.05) is 59.4 Å². The van der Waals surface area contributed by atoms with Crippen LogP contribution in [0.15, 0.2) is 33.2 Å². The molecule has 1 atom stereocenters. The van der Waals surface area contributed by atoms with Crippen molar-refractivity contribution in [2.24, 2.45) is 0 Å². The van der Waals surface area contributed by atoms with E-state index in [9.17, 15) is 0 Å². The van der Waals surface area contributed by atoms with E-state index in [-0.39, 0.29) is 4.83 Å². The van der Waals surface area contributed by atoms with E-state index in [0.717, 1.165) is 42.0 Å². The molecular weight excluding hydrogens is 483 g/mol. The minimum atomic E-state index is -0.0475. The van der Waals surface area contributed by atoms with Gasteiger partial charge in [0.05, 0.1) is 11.9 Å². The molecule has 0 saturated heterocycles. The molecule has 0 aromatic heterocycles. The van der Waals surface area contributed by atoms with E-state index in [1.807, 2.05) is 25.1 Å². The van der Waals surface area contributed by atoms with Gasteiger partial charge in [0.1, 0.15) is 5.75 Å². The highest BCUT2D eigenvalue weighted by molar-refractivity contribution is 9.11. The Bertz CT molecular complexity index is 686. The molecule has 0 aliphatic carbocycles. The zero-order valence-corrected chi connectivity index (χ0v) is 17.3. The minimum Gasteiger partial charge on any atom is -0.496 e. The Kier molecular flexibility index (Phi) is 5.80. The smallest absolute Gasteiger partial charge is 0.126 e. The van der Waals surface area contributed by atoms with Crippen molar-refractivity contribution in [3.63, 3.8) is 0 Å². The fourth-order valence-corrected chi connectivity index (χ4v) is 4.54. The van der Waals surface area contributed by atoms with Crippen LogP contribution in [0.3, 0.4) is 0 Å². The number of hydrogen-bond donors (Lipinski definition) is 0. The summed E-state index contributed by atoms with van der Waals surface area (Å²) in [5, 5.41) is 0.721. The van der Waals surface area contributed by atoms with E-state index >= 15 is 0 Å². The molecular formula is C16H14Br3ClO. The average Bonchev–Trinajstić information content (AvgIpc) is 2.44. The first-order valence-electron chi connectivity index (χ1n) is 6.29. The Morgan fingerprint density at radius 1 is 1.14 bits per heavy atom. The quantitative estimate of drug-likeness (QED) is 0.416. The molecule has 0 aliphatic heterocycles. The molecule has 0 amide bonds. The molecule has 0 saturated carbocycles. The summed E-state index contributed by atoms with van der Waals surface area (Å²) in [4.78, 5) is -0.0475. The van der Waals surface area contributed by atoms with E-state index in [1.54, 1.807) is 7.11 Å². The van der Waals surface area contributed by atoms with Gasteiger partial charge >= 0.3 is 0 Å². The lowest BCUT2D eigenvalue weighted by molar-refractivity contribution is 0.406. The Morgan fingerprint density at radius 3 is 2.43 bits per heavy atom. The predicted octanol–water partition coefficient (Wildman–Crippen LogP) is 6.97. The van der Waals surface area contributed by atoms with Crippen LogP contribution in [0.4, 0.5) is 0 Å². The van der Waals surface area contributed by atoms with Crippen molar-refractivity contribution < 1.29 is 4.74 Å². The Morgan fingerprint density at radius 2 is 1.81 bits per heavy atom. The van der Waals surface area contributed by atoms with Crippen LogP contribution in [0.5, 0.6) is 5.75 Å². The molecule has 0 radical (unpaired) electrons. The van der Waals surface area contributed by atoms with Crippen LogP contribution in [0.2, 0.25) is 5.02 Å². The van der Waals surface area contributed by atoms with Crippen LogP contribution in [0, 0.1) is 13.8 Å². The standard InChI is InChI=1S/C16H14Br3ClO/c1-8-6-12(18)9(2)14(16(8)21-3)15(19)11-7-10(17)4-5-13(11)20/h4-7,15H,1-3H3. The van der Waals surface area contributed by atoms with Gasteiger partial charge in [-0.25, -0.2) is 0 Å². The number of benzene rings is 2. The summed E-state index contributed by atoms with van der Waals surface area (Å²) in [6.07, 6.45) is 0. The van der Waals surface area contributed by atoms with Crippen molar-refractivity contribution in [2.75, 3.05) is 7.11 Å². The summed E-state index contributed by atoms with van der Waals surface area (Å²) in [6, 6.07) is 7.92. The third-order valence-electron chi connectivity index (χ3n) is 3.40. The second-order valence-electron chi connectivity index (χ2n) is 4.78. The topological polar surface area (TPSA) is 9.23 Å². The van der Waals surface area contributed by atoms with Crippen LogP contribution in [-0.4, -0.2) is 7.11 Å². The first-order chi connectivity index (χ1) is 9.86. The largest absolute Gasteiger partial charge is 0.496 e. The summed E-state index contributed by atoms with van der Waals surface area (Å²) in [5.41, 5.74) is 4.31. The number of ether oxygens (including phenoxy) is 1. The van der Waals surface area contributed by atoms with Crippen LogP contribution < -0.4 is 4.74 Å². The summed E-state index contributed by atoms with van der Waals surface area (Å²) in [5.74, 6) is 0.883. The van der Waals surface area contributed by atoms with Crippen LogP contribution in [0.25, 0.3) is 0 Å². The fourth-order valence-electron chi connectivity index (χ4n) is 2.32. The normalized spacial score (nSPS) is 12.3. The fraction of sp³-hybridized carbons (Fsp3) is 0.250. The monoisotopic (exact) mass is 494 g/mol. The molecule has 112 valence electrons. The zero-order chi connectivity index (χ0) is 15.7. The second kappa shape index (κ2) is 7.03. The van der Waals surface area contributed by atoms with Gasteiger partial charge < -0.3 is 4.74 Å². The molecule has 0 spiro atoms. The van der Waals surface area contributed by atoms with Crippen molar-refractivity contribution in [1.82, 2.24) is 0 Å². The van der Waals surface area contributed by atoms with Gasteiger partial charge in [-0.15, -0.1) is 0 Å². The third kappa shape index (κ3) is 3.49. The van der Waals surface area contributed by atoms with Gasteiger partial charge in [-0.3, -0.25) is 0 Å². The van der Waals surface area contributed by atoms with E-state index in [1.165, 1.54) is 0 Å². The molecule has 2 aromatic carbocycles. The number of aryl methyl sites for hydroxylation is 1. The number of alkyl halides is 1. The minimum absolute atomic E-state index is 0.0475. The highest BCUT2D eigenvalue weighted by atomic mass is 79.9. The molecule has 2 rings (SSSR count). The Labute approximate surface area is 155 Å². The molecule has 0 fully saturated rings. The molecule has 5 heteroatoms. The van der Waals surface area contributed by atoms with Crippen molar-refractivity contribution >= 4 is 59.4 Å². The number of methoxy groups -OCH3 is 1. The third-order valence-corrected chi connectivity index (χ3v) is 6.01. The maximum atomic E-state index is 6.37. The van der Waals surface area contributed by atoms with Crippen LogP contribution in [-0.2, 0) is 0 Å². The van der Waals surface area contributed by atoms with Gasteiger partial charge in [0, 0.05) is 19.5 Å². The van der Waals surface area contributed by atoms with E-state index in [0.29, 0.717) is 0 Å². The Balaban J connectivity index is 2.68. The molecule has 1 nitrogen and oxygen atoms in total. The summed E-state index contributed by atoms with van der Waals surface area (Å²) in [6.45, 7) is 4.11. The summed E-state index contributed by atoms with van der Waals surface area (Å²) in [7, 11) is 1.70. The zero-order valence-electron chi connectivity index (χ0n) is 11.8. The maximum Gasteiger partial charge on any atom is 0.126 e. The van der Waals surface area contributed by atoms with Gasteiger partial charge in [0.15, 0.2) is 0 Å². The molecule has 1 unspecified atom stereocenters. The molecule has 0 aliphatic rings. The SMILES string of the molecule is COc1c(C)cc(Br)c(C)c1C(Br)c1cc(Br)ccc1Cl. The average molecular weight is 497 g/mol. The first-order valence-corrected chi connectivity index (χ1v) is 9.17. The van der Waals surface area contributed by atoms with E-state index in [2.05, 4.69) is 60.8 Å². The Hall–Kier alpha value is -0.0300. The van der Waals surface area contributed by atoms with E-state index < -0.39 is 0 Å². The van der Waals surface area contributed by atoms with Crippen molar-refractivity contribution in [3.05, 3.63) is 60.5 Å². The van der Waals surface area contributed by atoms with Gasteiger partial charge in [-0.05, 0) is 54.8 Å². The lowest BCUT2D eigenvalue weighted by Crippen LogP contribution is -2.03. The maximum absolute atomic E-state index is 6.37. The van der Waals surface area contributed by atoms with E-state index in [4.69, 9.17) is 16.3 Å². The highest BCUT2D eigenvalue weighted by Crippen LogP contribution is 2.45. The van der Waals surface area contributed by atoms with Crippen LogP contribution in [0.1, 0.15) is 27.1 Å². The molecule has 21 heavy (non-hydrogen) atoms. The summed E-state index contributed by atoms with van der Waals surface area (Å²) >= 11 is 17.3. The second-order valence-corrected chi connectivity index (χ2v) is 7.87. The van der Waals surface area contributed by atoms with Crippen molar-refractivity contribution in [2.45, 2.75) is 18.7 Å². The highest BCUT2D eigenvalue weighted by Gasteiger charge is 2.23. The molecule has 0 bridgehead atoms. The van der Waals surface area contributed by atoms with Crippen LogP contribution >= 0.6 is 59.4 Å². The predicted molar refractivity (Wildman–Crippen MR) is 100 cm³/mol. The number of hydrogen-bond acceptors (Lipinski definition) is 1. The molecule has 2 aromatic rings. The first kappa shape index (κ1) is 17.3. The van der Waals surface area contributed by atoms with Crippen molar-refractivity contribution in [3.8, 4) is 5.75 Å². The van der Waals surface area contributed by atoms with Crippen molar-refractivity contribution in [1.29, 1.82) is 0 Å². The van der Waals surface area contributed by atoms with Gasteiger partial charge in [0.25, 0.3) is 0 Å². The summed E-state index contributed by atoms with van der Waals surface area (Å²) < 4.78 is 7.68. The molecule has 0 heterocycles. The van der Waals surface area contributed by atoms with Gasteiger partial charge in [-0.2, -0.15) is 0 Å². The number of halogens is 4. The lowest BCUT2D eigenvalue weighted by Gasteiger charge is -2.21. The molecule has 0 N–H and O–H groups in total. The van der Waals surface area contributed by atoms with Gasteiger partial charge in [0.2, 0.25) is 0 Å². The number of rotatable bonds is 3. The lowest BCUT2D eigenvalue weighted by atomic mass is 9.97.